The van der Waals surface area contributed by atoms with Gasteiger partial charge in [-0.3, -0.25) is 4.79 Å². The first-order valence-electron chi connectivity index (χ1n) is 9.30. The zero-order valence-corrected chi connectivity index (χ0v) is 15.8. The summed E-state index contributed by atoms with van der Waals surface area (Å²) in [6.45, 7) is 6.82. The van der Waals surface area contributed by atoms with E-state index in [1.807, 2.05) is 36.9 Å². The first-order valence-corrected chi connectivity index (χ1v) is 9.30. The van der Waals surface area contributed by atoms with Crippen molar-refractivity contribution in [2.75, 3.05) is 36.4 Å². The number of nitrogens with one attached hydrogen (secondary N) is 2. The van der Waals surface area contributed by atoms with Gasteiger partial charge >= 0.3 is 6.03 Å². The van der Waals surface area contributed by atoms with E-state index in [9.17, 15) is 9.59 Å². The van der Waals surface area contributed by atoms with Crippen molar-refractivity contribution in [2.45, 2.75) is 19.9 Å². The molecule has 3 amide bonds. The van der Waals surface area contributed by atoms with Gasteiger partial charge in [-0.05, 0) is 50.2 Å². The second-order valence-electron chi connectivity index (χ2n) is 6.95. The fourth-order valence-corrected chi connectivity index (χ4v) is 3.06. The fraction of sp³-hybridized carbons (Fsp3) is 0.333. The third-order valence-electron chi connectivity index (χ3n) is 4.51. The van der Waals surface area contributed by atoms with Gasteiger partial charge in [0.2, 0.25) is 0 Å². The predicted molar refractivity (Wildman–Crippen MR) is 108 cm³/mol. The lowest BCUT2D eigenvalue weighted by Crippen LogP contribution is -2.50. The lowest BCUT2D eigenvalue weighted by molar-refractivity contribution is 0.0943. The van der Waals surface area contributed by atoms with Crippen molar-refractivity contribution in [2.24, 2.45) is 0 Å². The minimum atomic E-state index is -0.111. The smallest absolute Gasteiger partial charge is 0.321 e. The highest BCUT2D eigenvalue weighted by Crippen LogP contribution is 2.16. The molecule has 0 unspecified atom stereocenters. The van der Waals surface area contributed by atoms with E-state index in [4.69, 9.17) is 0 Å². The van der Waals surface area contributed by atoms with Crippen LogP contribution in [0.15, 0.2) is 54.6 Å². The lowest BCUT2D eigenvalue weighted by atomic mass is 10.2. The summed E-state index contributed by atoms with van der Waals surface area (Å²) in [6.07, 6.45) is 0. The van der Waals surface area contributed by atoms with E-state index in [0.717, 1.165) is 13.1 Å². The Morgan fingerprint density at radius 3 is 2.11 bits per heavy atom. The van der Waals surface area contributed by atoms with Crippen LogP contribution in [0, 0.1) is 0 Å². The van der Waals surface area contributed by atoms with Crippen LogP contribution in [0.2, 0.25) is 0 Å². The largest absolute Gasteiger partial charge is 0.368 e. The fourth-order valence-electron chi connectivity index (χ4n) is 3.06. The molecule has 27 heavy (non-hydrogen) atoms. The maximum atomic E-state index is 12.5. The highest BCUT2D eigenvalue weighted by atomic mass is 16.2. The lowest BCUT2D eigenvalue weighted by Gasteiger charge is -2.36. The summed E-state index contributed by atoms with van der Waals surface area (Å²) in [5, 5.41) is 5.76. The van der Waals surface area contributed by atoms with Gasteiger partial charge in [-0.15, -0.1) is 0 Å². The van der Waals surface area contributed by atoms with Crippen molar-refractivity contribution >= 4 is 23.3 Å². The molecular weight excluding hydrogens is 340 g/mol. The molecule has 6 heteroatoms. The van der Waals surface area contributed by atoms with Gasteiger partial charge < -0.3 is 20.4 Å². The van der Waals surface area contributed by atoms with E-state index in [2.05, 4.69) is 27.7 Å². The number of para-hydroxylation sites is 1. The van der Waals surface area contributed by atoms with Crippen LogP contribution in [0.4, 0.5) is 16.2 Å². The van der Waals surface area contributed by atoms with Gasteiger partial charge in [0.15, 0.2) is 0 Å². The van der Waals surface area contributed by atoms with Crippen LogP contribution in [0.5, 0.6) is 0 Å². The van der Waals surface area contributed by atoms with Crippen molar-refractivity contribution < 1.29 is 9.59 Å². The molecular formula is C21H26N4O2. The molecule has 0 spiro atoms. The Morgan fingerprint density at radius 1 is 0.889 bits per heavy atom. The maximum Gasteiger partial charge on any atom is 0.321 e. The molecule has 0 aliphatic carbocycles. The summed E-state index contributed by atoms with van der Waals surface area (Å²) in [5.41, 5.74) is 2.46. The predicted octanol–water partition coefficient (Wildman–Crippen LogP) is 3.18. The summed E-state index contributed by atoms with van der Waals surface area (Å²) in [5.74, 6) is -0.111. The Bertz CT molecular complexity index is 767. The van der Waals surface area contributed by atoms with Gasteiger partial charge in [-0.25, -0.2) is 4.79 Å². The topological polar surface area (TPSA) is 64.7 Å². The molecule has 0 saturated carbocycles. The molecule has 2 aromatic carbocycles. The van der Waals surface area contributed by atoms with Crippen molar-refractivity contribution in [1.82, 2.24) is 10.2 Å². The van der Waals surface area contributed by atoms with Crippen molar-refractivity contribution in [1.29, 1.82) is 0 Å². The summed E-state index contributed by atoms with van der Waals surface area (Å²) < 4.78 is 0. The molecule has 1 heterocycles. The summed E-state index contributed by atoms with van der Waals surface area (Å²) in [6, 6.07) is 17.2. The Labute approximate surface area is 160 Å². The van der Waals surface area contributed by atoms with E-state index >= 15 is 0 Å². The maximum absolute atomic E-state index is 12.5. The number of nitrogens with zero attached hydrogens (tertiary/aromatic N) is 2. The Morgan fingerprint density at radius 2 is 1.52 bits per heavy atom. The van der Waals surface area contributed by atoms with E-state index in [1.54, 1.807) is 24.3 Å². The van der Waals surface area contributed by atoms with E-state index < -0.39 is 0 Å². The first-order chi connectivity index (χ1) is 13.0. The van der Waals surface area contributed by atoms with Crippen molar-refractivity contribution in [3.05, 3.63) is 60.2 Å². The van der Waals surface area contributed by atoms with Crippen LogP contribution in [-0.4, -0.2) is 49.1 Å². The second-order valence-corrected chi connectivity index (χ2v) is 6.95. The molecule has 0 radical (unpaired) electrons. The molecule has 1 fully saturated rings. The van der Waals surface area contributed by atoms with Gasteiger partial charge in [0.1, 0.15) is 0 Å². The van der Waals surface area contributed by atoms with E-state index in [1.165, 1.54) is 5.69 Å². The van der Waals surface area contributed by atoms with Gasteiger partial charge in [-0.2, -0.15) is 0 Å². The van der Waals surface area contributed by atoms with Crippen LogP contribution in [0.1, 0.15) is 24.2 Å². The normalized spacial score (nSPS) is 14.2. The molecule has 0 aromatic heterocycles. The highest BCUT2D eigenvalue weighted by Gasteiger charge is 2.21. The molecule has 142 valence electrons. The van der Waals surface area contributed by atoms with Gasteiger partial charge in [0.25, 0.3) is 5.91 Å². The van der Waals surface area contributed by atoms with Crippen molar-refractivity contribution in [3.63, 3.8) is 0 Å². The van der Waals surface area contributed by atoms with Gasteiger partial charge in [0, 0.05) is 49.2 Å². The van der Waals surface area contributed by atoms with E-state index in [-0.39, 0.29) is 18.0 Å². The van der Waals surface area contributed by atoms with Crippen molar-refractivity contribution in [3.8, 4) is 0 Å². The number of hydrogen-bond donors (Lipinski definition) is 2. The van der Waals surface area contributed by atoms with E-state index in [0.29, 0.717) is 24.3 Å². The molecule has 1 aliphatic rings. The summed E-state index contributed by atoms with van der Waals surface area (Å²) in [7, 11) is 0. The van der Waals surface area contributed by atoms with Crippen LogP contribution < -0.4 is 15.5 Å². The molecule has 0 bridgehead atoms. The van der Waals surface area contributed by atoms with Crippen LogP contribution in [0.3, 0.4) is 0 Å². The average molecular weight is 366 g/mol. The number of carbonyl (C=O) groups is 2. The minimum Gasteiger partial charge on any atom is -0.368 e. The van der Waals surface area contributed by atoms with Crippen LogP contribution in [0.25, 0.3) is 0 Å². The standard InChI is InChI=1S/C21H26N4O2/c1-16(2)22-20(26)17-8-10-18(11-9-17)23-21(27)25-14-12-24(13-15-25)19-6-4-3-5-7-19/h3-11,16H,12-15H2,1-2H3,(H,22,26)(H,23,27). The molecule has 1 aliphatic heterocycles. The number of benzene rings is 2. The number of amides is 3. The number of hydrogen-bond acceptors (Lipinski definition) is 3. The molecule has 2 aromatic rings. The minimum absolute atomic E-state index is 0.0893. The average Bonchev–Trinajstić information content (AvgIpc) is 2.69. The number of piperazine rings is 1. The van der Waals surface area contributed by atoms with Crippen LogP contribution >= 0.6 is 0 Å². The zero-order chi connectivity index (χ0) is 19.2. The highest BCUT2D eigenvalue weighted by molar-refractivity contribution is 5.95. The number of urea groups is 1. The SMILES string of the molecule is CC(C)NC(=O)c1ccc(NC(=O)N2CCN(c3ccccc3)CC2)cc1. The monoisotopic (exact) mass is 366 g/mol. The summed E-state index contributed by atoms with van der Waals surface area (Å²) >= 11 is 0. The first kappa shape index (κ1) is 18.8. The zero-order valence-electron chi connectivity index (χ0n) is 15.8. The molecule has 0 atom stereocenters. The molecule has 6 nitrogen and oxygen atoms in total. The molecule has 3 rings (SSSR count). The van der Waals surface area contributed by atoms with Crippen LogP contribution in [-0.2, 0) is 0 Å². The Hall–Kier alpha value is -3.02. The van der Waals surface area contributed by atoms with Gasteiger partial charge in [0.05, 0.1) is 0 Å². The molecule has 2 N–H and O–H groups in total. The number of rotatable bonds is 4. The third-order valence-corrected chi connectivity index (χ3v) is 4.51. The summed E-state index contributed by atoms with van der Waals surface area (Å²) in [4.78, 5) is 28.6. The Kier molecular flexibility index (Phi) is 5.96. The molecule has 1 saturated heterocycles. The number of anilines is 2. The second kappa shape index (κ2) is 8.58. The van der Waals surface area contributed by atoms with Gasteiger partial charge in [-0.1, -0.05) is 18.2 Å². The number of carbonyl (C=O) groups excluding carboxylic acids is 2. The quantitative estimate of drug-likeness (QED) is 0.873. The Balaban J connectivity index is 1.51. The third kappa shape index (κ3) is 5.00.